The quantitative estimate of drug-likeness (QED) is 0.621. The van der Waals surface area contributed by atoms with Gasteiger partial charge in [0.1, 0.15) is 0 Å². The number of ketones is 2. The molecule has 0 aliphatic rings. The molecular weight excluding hydrogens is 322 g/mol. The molecule has 0 saturated carbocycles. The fourth-order valence-electron chi connectivity index (χ4n) is 2.79. The summed E-state index contributed by atoms with van der Waals surface area (Å²) in [4.78, 5) is 39.2. The number of aliphatic hydroxyl groups is 1. The van der Waals surface area contributed by atoms with Gasteiger partial charge in [0, 0.05) is 11.3 Å². The highest BCUT2D eigenvalue weighted by molar-refractivity contribution is 6.05. The second kappa shape index (κ2) is 7.44. The normalized spacial score (nSPS) is 13.2. The molecule has 0 unspecified atom stereocenters. The smallest absolute Gasteiger partial charge is 0.340 e. The predicted molar refractivity (Wildman–Crippen MR) is 91.6 cm³/mol. The van der Waals surface area contributed by atoms with Crippen molar-refractivity contribution >= 4 is 17.5 Å². The van der Waals surface area contributed by atoms with E-state index in [0.29, 0.717) is 22.4 Å². The molecular formula is C19H21NO5. The van der Waals surface area contributed by atoms with Crippen LogP contribution in [0, 0.1) is 13.8 Å². The van der Waals surface area contributed by atoms with Crippen LogP contribution in [-0.4, -0.2) is 33.7 Å². The summed E-state index contributed by atoms with van der Waals surface area (Å²) in [6.07, 6.45) is -2.56. The zero-order valence-corrected chi connectivity index (χ0v) is 14.6. The molecule has 0 aliphatic heterocycles. The Labute approximate surface area is 145 Å². The van der Waals surface area contributed by atoms with Crippen LogP contribution in [0.25, 0.3) is 0 Å². The molecule has 0 radical (unpaired) electrons. The van der Waals surface area contributed by atoms with Crippen LogP contribution >= 0.6 is 0 Å². The lowest BCUT2D eigenvalue weighted by atomic mass is 10.0. The number of carbonyl (C=O) groups is 3. The Kier molecular flexibility index (Phi) is 5.54. The third-order valence-electron chi connectivity index (χ3n) is 4.04. The molecule has 1 heterocycles. The standard InChI is InChI=1S/C19H21NO5/c1-10-15(12(3)21)11(2)20-16(10)17(22)13(4)25-19(24)18(23)14-8-6-5-7-9-14/h5-9,13,18,20,23H,1-4H3/t13-,18-/m1/s1. The van der Waals surface area contributed by atoms with E-state index in [1.165, 1.54) is 13.8 Å². The third kappa shape index (κ3) is 3.85. The summed E-state index contributed by atoms with van der Waals surface area (Å²) in [7, 11) is 0. The molecule has 0 fully saturated rings. The average molecular weight is 343 g/mol. The molecule has 0 bridgehead atoms. The van der Waals surface area contributed by atoms with Gasteiger partial charge in [-0.25, -0.2) is 4.79 Å². The second-order valence-corrected chi connectivity index (χ2v) is 5.94. The molecule has 25 heavy (non-hydrogen) atoms. The van der Waals surface area contributed by atoms with E-state index in [0.717, 1.165) is 0 Å². The van der Waals surface area contributed by atoms with Gasteiger partial charge in [0.05, 0.1) is 5.69 Å². The van der Waals surface area contributed by atoms with Gasteiger partial charge < -0.3 is 14.8 Å². The Balaban J connectivity index is 2.14. The molecule has 1 aromatic carbocycles. The molecule has 2 N–H and O–H groups in total. The Hall–Kier alpha value is -2.73. The minimum absolute atomic E-state index is 0.144. The van der Waals surface area contributed by atoms with E-state index in [1.54, 1.807) is 44.2 Å². The van der Waals surface area contributed by atoms with E-state index >= 15 is 0 Å². The van der Waals surface area contributed by atoms with E-state index in [9.17, 15) is 19.5 Å². The largest absolute Gasteiger partial charge is 0.452 e. The van der Waals surface area contributed by atoms with Gasteiger partial charge in [-0.05, 0) is 38.8 Å². The number of carbonyl (C=O) groups excluding carboxylic acids is 3. The van der Waals surface area contributed by atoms with Crippen LogP contribution in [0.2, 0.25) is 0 Å². The minimum atomic E-state index is -1.46. The van der Waals surface area contributed by atoms with Gasteiger partial charge in [-0.1, -0.05) is 30.3 Å². The maximum Gasteiger partial charge on any atom is 0.340 e. The number of hydrogen-bond donors (Lipinski definition) is 2. The fourth-order valence-corrected chi connectivity index (χ4v) is 2.79. The molecule has 2 aromatic rings. The maximum atomic E-state index is 12.5. The molecule has 2 atom stereocenters. The number of esters is 1. The molecule has 0 spiro atoms. The Bertz CT molecular complexity index is 807. The number of rotatable bonds is 6. The molecule has 0 saturated heterocycles. The fraction of sp³-hybridized carbons (Fsp3) is 0.316. The van der Waals surface area contributed by atoms with Crippen molar-refractivity contribution in [2.24, 2.45) is 0 Å². The van der Waals surface area contributed by atoms with Crippen molar-refractivity contribution < 1.29 is 24.2 Å². The van der Waals surface area contributed by atoms with Gasteiger partial charge in [-0.2, -0.15) is 0 Å². The number of benzene rings is 1. The Morgan fingerprint density at radius 2 is 1.72 bits per heavy atom. The summed E-state index contributed by atoms with van der Waals surface area (Å²) in [5.41, 5.74) is 2.21. The summed E-state index contributed by atoms with van der Waals surface area (Å²) in [5.74, 6) is -1.50. The average Bonchev–Trinajstić information content (AvgIpc) is 2.88. The lowest BCUT2D eigenvalue weighted by molar-refractivity contribution is -0.156. The summed E-state index contributed by atoms with van der Waals surface area (Å²) < 4.78 is 5.10. The van der Waals surface area contributed by atoms with Crippen LogP contribution in [0.4, 0.5) is 0 Å². The molecule has 0 aliphatic carbocycles. The summed E-state index contributed by atoms with van der Waals surface area (Å²) in [5, 5.41) is 10.0. The highest BCUT2D eigenvalue weighted by Crippen LogP contribution is 2.21. The van der Waals surface area contributed by atoms with Crippen molar-refractivity contribution in [2.45, 2.75) is 39.9 Å². The zero-order valence-electron chi connectivity index (χ0n) is 14.6. The highest BCUT2D eigenvalue weighted by atomic mass is 16.6. The SMILES string of the molecule is CC(=O)c1c(C)[nH]c(C(=O)[C@@H](C)OC(=O)[C@H](O)c2ccccc2)c1C. The van der Waals surface area contributed by atoms with Gasteiger partial charge in [0.15, 0.2) is 18.0 Å². The van der Waals surface area contributed by atoms with Crippen LogP contribution in [0.3, 0.4) is 0 Å². The van der Waals surface area contributed by atoms with E-state index in [2.05, 4.69) is 4.98 Å². The van der Waals surface area contributed by atoms with E-state index in [1.807, 2.05) is 0 Å². The first-order valence-electron chi connectivity index (χ1n) is 7.91. The van der Waals surface area contributed by atoms with E-state index in [-0.39, 0.29) is 11.5 Å². The maximum absolute atomic E-state index is 12.5. The highest BCUT2D eigenvalue weighted by Gasteiger charge is 2.28. The minimum Gasteiger partial charge on any atom is -0.452 e. The van der Waals surface area contributed by atoms with Gasteiger partial charge in [0.2, 0.25) is 5.78 Å². The van der Waals surface area contributed by atoms with Crippen molar-refractivity contribution in [1.82, 2.24) is 4.98 Å². The monoisotopic (exact) mass is 343 g/mol. The second-order valence-electron chi connectivity index (χ2n) is 5.94. The van der Waals surface area contributed by atoms with Gasteiger partial charge in [-0.15, -0.1) is 0 Å². The number of Topliss-reactive ketones (excluding diaryl/α,β-unsaturated/α-hetero) is 2. The predicted octanol–water partition coefficient (Wildman–Crippen LogP) is 2.68. The first-order chi connectivity index (χ1) is 11.7. The third-order valence-corrected chi connectivity index (χ3v) is 4.04. The Morgan fingerprint density at radius 1 is 1.12 bits per heavy atom. The van der Waals surface area contributed by atoms with Crippen LogP contribution in [-0.2, 0) is 9.53 Å². The molecule has 6 nitrogen and oxygen atoms in total. The lowest BCUT2D eigenvalue weighted by Gasteiger charge is -2.15. The molecule has 2 rings (SSSR count). The van der Waals surface area contributed by atoms with Crippen LogP contribution < -0.4 is 0 Å². The topological polar surface area (TPSA) is 96.5 Å². The first kappa shape index (κ1) is 18.6. The van der Waals surface area contributed by atoms with Crippen LogP contribution in [0.1, 0.15) is 57.6 Å². The summed E-state index contributed by atoms with van der Waals surface area (Å²) >= 11 is 0. The van der Waals surface area contributed by atoms with Crippen LogP contribution in [0.5, 0.6) is 0 Å². The first-order valence-corrected chi connectivity index (χ1v) is 7.91. The number of aromatic nitrogens is 1. The lowest BCUT2D eigenvalue weighted by Crippen LogP contribution is -2.28. The molecule has 6 heteroatoms. The number of hydrogen-bond acceptors (Lipinski definition) is 5. The van der Waals surface area contributed by atoms with Gasteiger partial charge in [-0.3, -0.25) is 9.59 Å². The molecule has 1 aromatic heterocycles. The van der Waals surface area contributed by atoms with E-state index in [4.69, 9.17) is 4.74 Å². The number of aliphatic hydroxyl groups excluding tert-OH is 1. The molecule has 132 valence electrons. The number of nitrogens with one attached hydrogen (secondary N) is 1. The Morgan fingerprint density at radius 3 is 2.24 bits per heavy atom. The van der Waals surface area contributed by atoms with Crippen molar-refractivity contribution in [3.8, 4) is 0 Å². The van der Waals surface area contributed by atoms with Gasteiger partial charge >= 0.3 is 5.97 Å². The number of H-pyrrole nitrogens is 1. The number of aromatic amines is 1. The summed E-state index contributed by atoms with van der Waals surface area (Å²) in [6.45, 7) is 6.23. The van der Waals surface area contributed by atoms with Gasteiger partial charge in [0.25, 0.3) is 0 Å². The van der Waals surface area contributed by atoms with Crippen molar-refractivity contribution in [3.05, 3.63) is 58.4 Å². The number of ether oxygens (including phenoxy) is 1. The van der Waals surface area contributed by atoms with Crippen molar-refractivity contribution in [1.29, 1.82) is 0 Å². The van der Waals surface area contributed by atoms with Crippen molar-refractivity contribution in [3.63, 3.8) is 0 Å². The number of aryl methyl sites for hydroxylation is 1. The van der Waals surface area contributed by atoms with Crippen molar-refractivity contribution in [2.75, 3.05) is 0 Å². The summed E-state index contributed by atoms with van der Waals surface area (Å²) in [6, 6.07) is 8.33. The van der Waals surface area contributed by atoms with Crippen LogP contribution in [0.15, 0.2) is 30.3 Å². The van der Waals surface area contributed by atoms with E-state index < -0.39 is 24.0 Å². The zero-order chi connectivity index (χ0) is 18.7. The molecule has 0 amide bonds.